The van der Waals surface area contributed by atoms with E-state index >= 15 is 0 Å². The van der Waals surface area contributed by atoms with Gasteiger partial charge in [0.05, 0.1) is 17.7 Å². The Labute approximate surface area is 277 Å². The normalized spacial score (nSPS) is 16.5. The van der Waals surface area contributed by atoms with Gasteiger partial charge in [-0.2, -0.15) is 10.2 Å². The van der Waals surface area contributed by atoms with E-state index in [0.29, 0.717) is 36.2 Å². The summed E-state index contributed by atoms with van der Waals surface area (Å²) < 4.78 is 3.40. The summed E-state index contributed by atoms with van der Waals surface area (Å²) in [6.45, 7) is 0. The molecule has 18 nitrogen and oxygen atoms in total. The number of allylic oxidation sites excluding steroid dienone is 1. The Balaban J connectivity index is 1.08. The number of amides is 2. The molecule has 0 spiro atoms. The van der Waals surface area contributed by atoms with Gasteiger partial charge in [-0.3, -0.25) is 25.0 Å². The summed E-state index contributed by atoms with van der Waals surface area (Å²) in [6.07, 6.45) is 20.1. The number of carbonyl (C=O) groups is 4. The first-order valence-corrected chi connectivity index (χ1v) is 14.8. The molecule has 248 valence electrons. The van der Waals surface area contributed by atoms with E-state index in [2.05, 4.69) is 51.6 Å². The van der Waals surface area contributed by atoms with Crippen LogP contribution < -0.4 is 21.5 Å². The van der Waals surface area contributed by atoms with Crippen molar-refractivity contribution in [1.82, 2.24) is 39.9 Å². The molecule has 6 rings (SSSR count). The Bertz CT molecular complexity index is 2020. The predicted octanol–water partition coefficient (Wildman–Crippen LogP) is 1.42. The highest BCUT2D eigenvalue weighted by Gasteiger charge is 2.23. The molecular weight excluding hydrogens is 636 g/mol. The molecule has 0 saturated carbocycles. The Morgan fingerprint density at radius 1 is 0.796 bits per heavy atom. The van der Waals surface area contributed by atoms with Crippen molar-refractivity contribution in [1.29, 1.82) is 0 Å². The number of hydrogen-bond acceptors (Lipinski definition) is 12. The summed E-state index contributed by atoms with van der Waals surface area (Å²) in [7, 11) is 0. The molecule has 2 aliphatic rings. The van der Waals surface area contributed by atoms with E-state index in [4.69, 9.17) is 0 Å². The first kappa shape index (κ1) is 32.0. The van der Waals surface area contributed by atoms with Crippen molar-refractivity contribution in [3.63, 3.8) is 0 Å². The summed E-state index contributed by atoms with van der Waals surface area (Å²) in [5.41, 5.74) is 6.29. The van der Waals surface area contributed by atoms with Crippen LogP contribution in [-0.4, -0.2) is 80.6 Å². The Hall–Kier alpha value is -6.98. The molecule has 6 N–H and O–H groups in total. The summed E-state index contributed by atoms with van der Waals surface area (Å²) in [5.74, 6) is -3.26. The second-order valence-corrected chi connectivity index (χ2v) is 10.7. The van der Waals surface area contributed by atoms with Crippen LogP contribution in [0.5, 0.6) is 0 Å². The smallest absolute Gasteiger partial charge is 0.356 e. The first-order valence-electron chi connectivity index (χ1n) is 14.8. The number of anilines is 2. The molecule has 0 saturated heterocycles. The minimum absolute atomic E-state index is 0.00663. The zero-order valence-corrected chi connectivity index (χ0v) is 25.5. The maximum atomic E-state index is 13.0. The zero-order valence-electron chi connectivity index (χ0n) is 25.5. The van der Waals surface area contributed by atoms with Gasteiger partial charge < -0.3 is 25.4 Å². The van der Waals surface area contributed by atoms with Crippen LogP contribution in [0.1, 0.15) is 44.7 Å². The van der Waals surface area contributed by atoms with Crippen LogP contribution >= 0.6 is 0 Å². The summed E-state index contributed by atoms with van der Waals surface area (Å²) in [6, 6.07) is 2.22. The molecule has 0 bridgehead atoms. The number of hydrogen-bond donors (Lipinski definition) is 6. The lowest BCUT2D eigenvalue weighted by molar-refractivity contribution is -0.117. The topological polar surface area (TPSA) is 243 Å². The fraction of sp³-hybridized carbons (Fsp3) is 0.161. The van der Waals surface area contributed by atoms with Crippen molar-refractivity contribution < 1.29 is 29.4 Å². The number of nitrogens with one attached hydrogen (secondary N) is 4. The largest absolute Gasteiger partial charge is 0.476 e. The molecule has 2 aliphatic heterocycles. The van der Waals surface area contributed by atoms with E-state index in [-0.39, 0.29) is 34.6 Å². The number of pyridine rings is 2. The molecule has 6 heterocycles. The van der Waals surface area contributed by atoms with Crippen molar-refractivity contribution in [2.24, 2.45) is 10.2 Å². The quantitative estimate of drug-likeness (QED) is 0.133. The summed E-state index contributed by atoms with van der Waals surface area (Å²) in [4.78, 5) is 65.6. The van der Waals surface area contributed by atoms with Gasteiger partial charge in [-0.25, -0.2) is 29.5 Å². The summed E-state index contributed by atoms with van der Waals surface area (Å²) in [5, 5.41) is 32.8. The van der Waals surface area contributed by atoms with E-state index in [1.54, 1.807) is 70.9 Å². The van der Waals surface area contributed by atoms with Crippen LogP contribution in [0, 0.1) is 0 Å². The molecule has 0 radical (unpaired) electrons. The molecule has 2 atom stereocenters. The minimum Gasteiger partial charge on any atom is -0.476 e. The van der Waals surface area contributed by atoms with Gasteiger partial charge >= 0.3 is 11.9 Å². The van der Waals surface area contributed by atoms with Gasteiger partial charge in [-0.1, -0.05) is 0 Å². The third-order valence-electron chi connectivity index (χ3n) is 7.37. The van der Waals surface area contributed by atoms with Crippen LogP contribution in [-0.2, 0) is 22.4 Å². The monoisotopic (exact) mass is 664 g/mol. The van der Waals surface area contributed by atoms with Gasteiger partial charge in [-0.05, 0) is 66.8 Å². The third kappa shape index (κ3) is 7.54. The lowest BCUT2D eigenvalue weighted by Gasteiger charge is -2.18. The number of carboxylic acids is 2. The second-order valence-electron chi connectivity index (χ2n) is 10.7. The number of aryl methyl sites for hydroxylation is 2. The fourth-order valence-corrected chi connectivity index (χ4v) is 4.92. The van der Waals surface area contributed by atoms with Crippen LogP contribution in [0.3, 0.4) is 0 Å². The first-order chi connectivity index (χ1) is 23.7. The molecule has 2 amide bonds. The third-order valence-corrected chi connectivity index (χ3v) is 7.37. The average Bonchev–Trinajstić information content (AvgIpc) is 3.84. The Morgan fingerprint density at radius 3 is 2.02 bits per heavy atom. The van der Waals surface area contributed by atoms with Gasteiger partial charge in [0.25, 0.3) is 11.8 Å². The van der Waals surface area contributed by atoms with Crippen molar-refractivity contribution in [2.45, 2.75) is 31.5 Å². The molecular formula is C31H28N12O6. The fourth-order valence-electron chi connectivity index (χ4n) is 4.92. The van der Waals surface area contributed by atoms with E-state index in [1.807, 2.05) is 0 Å². The van der Waals surface area contributed by atoms with Gasteiger partial charge in [0.1, 0.15) is 24.2 Å². The van der Waals surface area contributed by atoms with Gasteiger partial charge in [-0.15, -0.1) is 0 Å². The molecule has 2 unspecified atom stereocenters. The Morgan fingerprint density at radius 2 is 1.47 bits per heavy atom. The molecule has 4 aromatic rings. The van der Waals surface area contributed by atoms with Crippen molar-refractivity contribution in [2.75, 3.05) is 10.6 Å². The molecule has 4 aromatic heterocycles. The maximum Gasteiger partial charge on any atom is 0.356 e. The van der Waals surface area contributed by atoms with Crippen molar-refractivity contribution >= 4 is 46.7 Å². The highest BCUT2D eigenvalue weighted by Crippen LogP contribution is 2.21. The highest BCUT2D eigenvalue weighted by molar-refractivity contribution is 6.47. The lowest BCUT2D eigenvalue weighted by atomic mass is 10.0. The molecule has 18 heteroatoms. The van der Waals surface area contributed by atoms with E-state index in [0.717, 1.165) is 0 Å². The van der Waals surface area contributed by atoms with Crippen molar-refractivity contribution in [3.8, 4) is 0 Å². The average molecular weight is 665 g/mol. The molecule has 49 heavy (non-hydrogen) atoms. The predicted molar refractivity (Wildman–Crippen MR) is 174 cm³/mol. The number of carboxylic acid groups (broad SMARTS) is 2. The van der Waals surface area contributed by atoms with Crippen LogP contribution in [0.2, 0.25) is 0 Å². The molecule has 0 fully saturated rings. The van der Waals surface area contributed by atoms with Gasteiger partial charge in [0.2, 0.25) is 0 Å². The number of rotatable bonds is 11. The summed E-state index contributed by atoms with van der Waals surface area (Å²) >= 11 is 0. The van der Waals surface area contributed by atoms with Crippen LogP contribution in [0.15, 0.2) is 96.5 Å². The number of hydrazone groups is 2. The van der Waals surface area contributed by atoms with Crippen LogP contribution in [0.25, 0.3) is 0 Å². The highest BCUT2D eigenvalue weighted by atomic mass is 16.4. The number of aromatic nitrogens is 6. The number of carbonyl (C=O) groups excluding carboxylic acids is 2. The van der Waals surface area contributed by atoms with E-state index in [9.17, 15) is 29.4 Å². The second kappa shape index (κ2) is 14.2. The molecule has 0 aliphatic carbocycles. The Kier molecular flexibility index (Phi) is 9.27. The standard InChI is InChI=1S/C31H28N12O6/c44-28(20-4-6-24(40-38-20)42-10-8-32-16-42)36-22-12-18(14-34-26(22)30(46)47)2-1-3-19-13-23(27(31(48)49)35-15-19)37-29(45)21-5-7-25(41-39-21)43-11-9-33-17-43/h4-17,20,25,38,41H,1-3H2,(H,36,44)(H,37,45)(H,46,47)(H,48,49). The van der Waals surface area contributed by atoms with Gasteiger partial charge in [0, 0.05) is 37.2 Å². The SMILES string of the molecule is O=C(Nc1cc(CCCc2cnc(C(=O)O)c(NC(=O)C3C=CC(n4ccnc4)=NN3)c2)cnc1C(=O)O)C1=NNC(n2ccnc2)C=C1. The van der Waals surface area contributed by atoms with Gasteiger partial charge in [0.15, 0.2) is 17.2 Å². The maximum absolute atomic E-state index is 13.0. The number of aromatic carboxylic acids is 2. The number of nitrogens with zero attached hydrogens (tertiary/aromatic N) is 8. The lowest BCUT2D eigenvalue weighted by Crippen LogP contribution is -2.39. The zero-order chi connectivity index (χ0) is 34.3. The van der Waals surface area contributed by atoms with E-state index < -0.39 is 29.8 Å². The minimum atomic E-state index is -1.31. The van der Waals surface area contributed by atoms with E-state index in [1.165, 1.54) is 24.5 Å². The number of imidazole rings is 2. The van der Waals surface area contributed by atoms with Crippen molar-refractivity contribution in [3.05, 3.63) is 109 Å². The molecule has 0 aromatic carbocycles. The van der Waals surface area contributed by atoms with Crippen LogP contribution in [0.4, 0.5) is 11.4 Å².